The van der Waals surface area contributed by atoms with Crippen LogP contribution in [0.5, 0.6) is 0 Å². The van der Waals surface area contributed by atoms with Gasteiger partial charge in [0.2, 0.25) is 0 Å². The highest BCUT2D eigenvalue weighted by Gasteiger charge is 2.01. The molecule has 0 aliphatic heterocycles. The number of ketones is 1. The van der Waals surface area contributed by atoms with Gasteiger partial charge in [-0.25, -0.2) is 0 Å². The van der Waals surface area contributed by atoms with Crippen molar-refractivity contribution < 1.29 is 4.79 Å². The predicted octanol–water partition coefficient (Wildman–Crippen LogP) is 2.72. The lowest BCUT2D eigenvalue weighted by molar-refractivity contribution is 0.104. The van der Waals surface area contributed by atoms with Crippen molar-refractivity contribution in [3.05, 3.63) is 32.5 Å². The van der Waals surface area contributed by atoms with Gasteiger partial charge < -0.3 is 0 Å². The van der Waals surface area contributed by atoms with Crippen LogP contribution in [0.15, 0.2) is 24.1 Å². The Bertz CT molecular complexity index is 264. The van der Waals surface area contributed by atoms with E-state index in [0.717, 1.165) is 8.45 Å². The van der Waals surface area contributed by atoms with E-state index >= 15 is 0 Å². The molecule has 0 saturated heterocycles. The number of thiophene rings is 1. The van der Waals surface area contributed by atoms with Gasteiger partial charge in [-0.2, -0.15) is 0 Å². The second-order valence-corrected chi connectivity index (χ2v) is 4.51. The molecule has 3 heteroatoms. The Morgan fingerprint density at radius 1 is 1.80 bits per heavy atom. The summed E-state index contributed by atoms with van der Waals surface area (Å²) in [5, 5.41) is 1.84. The average molecular weight is 264 g/mol. The molecular weight excluding hydrogens is 259 g/mol. The minimum absolute atomic E-state index is 0.000772. The number of halogens is 1. The Hall–Kier alpha value is -0.160. The molecule has 0 radical (unpaired) electrons. The van der Waals surface area contributed by atoms with Gasteiger partial charge in [0.15, 0.2) is 5.78 Å². The third-order valence-electron chi connectivity index (χ3n) is 1.04. The van der Waals surface area contributed by atoms with Crippen LogP contribution in [-0.4, -0.2) is 5.78 Å². The van der Waals surface area contributed by atoms with Gasteiger partial charge in [0, 0.05) is 10.9 Å². The van der Waals surface area contributed by atoms with Crippen molar-refractivity contribution in [2.75, 3.05) is 0 Å². The number of hydrogen-bond acceptors (Lipinski definition) is 2. The molecule has 0 unspecified atom stereocenters. The summed E-state index contributed by atoms with van der Waals surface area (Å²) in [5.41, 5.74) is 0.740. The highest BCUT2D eigenvalue weighted by atomic mass is 127. The highest BCUT2D eigenvalue weighted by molar-refractivity contribution is 14.1. The first-order valence-corrected chi connectivity index (χ1v) is 4.60. The Labute approximate surface area is 76.9 Å². The number of hydrogen-bond donors (Lipinski definition) is 0. The maximum atomic E-state index is 10.9. The highest BCUT2D eigenvalue weighted by Crippen LogP contribution is 2.16. The van der Waals surface area contributed by atoms with Gasteiger partial charge in [-0.1, -0.05) is 6.58 Å². The molecule has 0 fully saturated rings. The van der Waals surface area contributed by atoms with Crippen molar-refractivity contribution >= 4 is 39.7 Å². The van der Waals surface area contributed by atoms with Crippen LogP contribution < -0.4 is 0 Å². The molecule has 0 saturated carbocycles. The average Bonchev–Trinajstić information content (AvgIpc) is 2.34. The van der Waals surface area contributed by atoms with Crippen molar-refractivity contribution in [3.63, 3.8) is 0 Å². The minimum Gasteiger partial charge on any atom is -0.289 e. The molecule has 1 heterocycles. The Morgan fingerprint density at radius 2 is 2.50 bits per heavy atom. The van der Waals surface area contributed by atoms with E-state index in [1.807, 2.05) is 11.4 Å². The second kappa shape index (κ2) is 3.30. The molecule has 1 rings (SSSR count). The molecule has 0 N–H and O–H groups in total. The number of rotatable bonds is 2. The molecule has 1 nitrogen and oxygen atoms in total. The van der Waals surface area contributed by atoms with Crippen LogP contribution in [0.3, 0.4) is 0 Å². The van der Waals surface area contributed by atoms with Gasteiger partial charge in [-0.3, -0.25) is 4.79 Å². The summed E-state index contributed by atoms with van der Waals surface area (Å²) in [6, 6.07) is 1.86. The van der Waals surface area contributed by atoms with Crippen LogP contribution in [0, 0.1) is 2.88 Å². The maximum Gasteiger partial charge on any atom is 0.186 e. The monoisotopic (exact) mass is 264 g/mol. The SMILES string of the molecule is C=CC(=O)c1csc(I)c1. The first kappa shape index (κ1) is 7.94. The zero-order valence-electron chi connectivity index (χ0n) is 5.13. The fourth-order valence-electron chi connectivity index (χ4n) is 0.557. The van der Waals surface area contributed by atoms with E-state index < -0.39 is 0 Å². The number of allylic oxidation sites excluding steroid dienone is 1. The zero-order valence-corrected chi connectivity index (χ0v) is 8.11. The Balaban J connectivity index is 2.95. The molecular formula is C7H5IOS. The molecule has 1 aromatic rings. The van der Waals surface area contributed by atoms with E-state index in [1.165, 1.54) is 6.08 Å². The minimum atomic E-state index is -0.000772. The first-order valence-electron chi connectivity index (χ1n) is 2.65. The maximum absolute atomic E-state index is 10.9. The van der Waals surface area contributed by atoms with Gasteiger partial charge in [0.1, 0.15) is 0 Å². The van der Waals surface area contributed by atoms with E-state index in [-0.39, 0.29) is 5.78 Å². The van der Waals surface area contributed by atoms with E-state index in [0.29, 0.717) is 0 Å². The van der Waals surface area contributed by atoms with E-state index in [1.54, 1.807) is 11.3 Å². The third-order valence-corrected chi connectivity index (χ3v) is 2.83. The van der Waals surface area contributed by atoms with Gasteiger partial charge in [0.05, 0.1) is 2.88 Å². The molecule has 10 heavy (non-hydrogen) atoms. The van der Waals surface area contributed by atoms with Crippen LogP contribution in [0.25, 0.3) is 0 Å². The summed E-state index contributed by atoms with van der Waals surface area (Å²) in [7, 11) is 0. The molecule has 0 aromatic carbocycles. The second-order valence-electron chi connectivity index (χ2n) is 1.71. The van der Waals surface area contributed by atoms with Crippen LogP contribution in [0.4, 0.5) is 0 Å². The van der Waals surface area contributed by atoms with Gasteiger partial charge in [-0.05, 0) is 34.7 Å². The van der Waals surface area contributed by atoms with Crippen LogP contribution in [-0.2, 0) is 0 Å². The number of carbonyl (C=O) groups is 1. The van der Waals surface area contributed by atoms with Crippen molar-refractivity contribution in [2.45, 2.75) is 0 Å². The van der Waals surface area contributed by atoms with Crippen LogP contribution in [0.2, 0.25) is 0 Å². The standard InChI is InChI=1S/C7H5IOS/c1-2-6(9)5-3-7(8)10-4-5/h2-4H,1H2. The fourth-order valence-corrected chi connectivity index (χ4v) is 1.89. The lowest BCUT2D eigenvalue weighted by atomic mass is 10.2. The molecule has 0 spiro atoms. The molecule has 0 bridgehead atoms. The van der Waals surface area contributed by atoms with Crippen LogP contribution >= 0.6 is 33.9 Å². The first-order chi connectivity index (χ1) is 4.74. The topological polar surface area (TPSA) is 17.1 Å². The van der Waals surface area contributed by atoms with Gasteiger partial charge in [-0.15, -0.1) is 11.3 Å². The Kier molecular flexibility index (Phi) is 2.62. The van der Waals surface area contributed by atoms with Crippen molar-refractivity contribution in [1.29, 1.82) is 0 Å². The zero-order chi connectivity index (χ0) is 7.56. The molecule has 0 aliphatic rings. The summed E-state index contributed by atoms with van der Waals surface area (Å²) in [6.07, 6.45) is 1.33. The summed E-state index contributed by atoms with van der Waals surface area (Å²) in [6.45, 7) is 3.40. The largest absolute Gasteiger partial charge is 0.289 e. The lowest BCUT2D eigenvalue weighted by Crippen LogP contribution is -1.88. The Morgan fingerprint density at radius 3 is 2.90 bits per heavy atom. The fraction of sp³-hybridized carbons (Fsp3) is 0. The third kappa shape index (κ3) is 1.67. The molecule has 0 aliphatic carbocycles. The molecule has 52 valence electrons. The van der Waals surface area contributed by atoms with E-state index in [9.17, 15) is 4.79 Å². The summed E-state index contributed by atoms with van der Waals surface area (Å²) < 4.78 is 1.13. The summed E-state index contributed by atoms with van der Waals surface area (Å²) >= 11 is 3.75. The van der Waals surface area contributed by atoms with Gasteiger partial charge >= 0.3 is 0 Å². The van der Waals surface area contributed by atoms with Gasteiger partial charge in [0.25, 0.3) is 0 Å². The molecule has 1 aromatic heterocycles. The van der Waals surface area contributed by atoms with E-state index in [2.05, 4.69) is 29.2 Å². The summed E-state index contributed by atoms with van der Waals surface area (Å²) in [4.78, 5) is 10.9. The van der Waals surface area contributed by atoms with Crippen molar-refractivity contribution in [1.82, 2.24) is 0 Å². The summed E-state index contributed by atoms with van der Waals surface area (Å²) in [5.74, 6) is -0.000772. The normalized spacial score (nSPS) is 9.30. The quantitative estimate of drug-likeness (QED) is 0.456. The number of carbonyl (C=O) groups excluding carboxylic acids is 1. The smallest absolute Gasteiger partial charge is 0.186 e. The van der Waals surface area contributed by atoms with Crippen LogP contribution in [0.1, 0.15) is 10.4 Å². The molecule has 0 amide bonds. The molecule has 0 atom stereocenters. The van der Waals surface area contributed by atoms with Crippen molar-refractivity contribution in [3.8, 4) is 0 Å². The van der Waals surface area contributed by atoms with Crippen molar-refractivity contribution in [2.24, 2.45) is 0 Å². The lowest BCUT2D eigenvalue weighted by Gasteiger charge is -1.82. The predicted molar refractivity (Wildman–Crippen MR) is 51.6 cm³/mol. The van der Waals surface area contributed by atoms with E-state index in [4.69, 9.17) is 0 Å².